The molecule has 1 aliphatic rings. The maximum absolute atomic E-state index is 8.74. The summed E-state index contributed by atoms with van der Waals surface area (Å²) in [4.78, 5) is 0. The molecule has 1 fully saturated rings. The maximum Gasteiger partial charge on any atom is 0.0992 e. The van der Waals surface area contributed by atoms with E-state index in [1.807, 2.05) is 12.1 Å². The molecule has 1 aliphatic carbocycles. The molecule has 0 radical (unpaired) electrons. The molecule has 0 saturated heterocycles. The van der Waals surface area contributed by atoms with Crippen molar-refractivity contribution in [1.82, 2.24) is 5.32 Å². The van der Waals surface area contributed by atoms with Crippen LogP contribution in [0.2, 0.25) is 5.02 Å². The lowest BCUT2D eigenvalue weighted by molar-refractivity contribution is 0.519. The Morgan fingerprint density at radius 2 is 2.24 bits per heavy atom. The van der Waals surface area contributed by atoms with Gasteiger partial charge in [-0.3, -0.25) is 0 Å². The molecule has 1 saturated carbocycles. The summed E-state index contributed by atoms with van der Waals surface area (Å²) in [5.74, 6) is 0.791. The van der Waals surface area contributed by atoms with Crippen molar-refractivity contribution in [3.05, 3.63) is 34.3 Å². The standard InChI is InChI=1S/C14H17ClN2/c1-14(2)6-12(14)9-17-8-11-4-3-10(7-16)5-13(11)15/h3-5,12,17H,6,8-9H2,1-2H3. The Bertz CT molecular complexity index is 460. The number of nitriles is 1. The van der Waals surface area contributed by atoms with E-state index in [2.05, 4.69) is 25.2 Å². The molecule has 3 heteroatoms. The van der Waals surface area contributed by atoms with E-state index in [0.717, 1.165) is 24.6 Å². The summed E-state index contributed by atoms with van der Waals surface area (Å²) in [5.41, 5.74) is 2.19. The van der Waals surface area contributed by atoms with Gasteiger partial charge in [0, 0.05) is 11.6 Å². The van der Waals surface area contributed by atoms with Crippen LogP contribution in [0.3, 0.4) is 0 Å². The minimum atomic E-state index is 0.515. The number of halogens is 1. The van der Waals surface area contributed by atoms with Gasteiger partial charge in [0.05, 0.1) is 11.6 Å². The molecule has 0 heterocycles. The predicted molar refractivity (Wildman–Crippen MR) is 69.8 cm³/mol. The molecular weight excluding hydrogens is 232 g/mol. The third kappa shape index (κ3) is 3.00. The van der Waals surface area contributed by atoms with Crippen molar-refractivity contribution in [2.75, 3.05) is 6.54 Å². The molecule has 1 atom stereocenters. The van der Waals surface area contributed by atoms with Gasteiger partial charge in [-0.15, -0.1) is 0 Å². The van der Waals surface area contributed by atoms with Crippen LogP contribution in [0.1, 0.15) is 31.4 Å². The number of hydrogen-bond acceptors (Lipinski definition) is 2. The normalized spacial score (nSPS) is 20.9. The molecular formula is C14H17ClN2. The lowest BCUT2D eigenvalue weighted by atomic mass is 10.1. The van der Waals surface area contributed by atoms with Gasteiger partial charge < -0.3 is 5.32 Å². The van der Waals surface area contributed by atoms with Crippen molar-refractivity contribution < 1.29 is 0 Å². The summed E-state index contributed by atoms with van der Waals surface area (Å²) in [7, 11) is 0. The molecule has 0 aliphatic heterocycles. The van der Waals surface area contributed by atoms with Gasteiger partial charge in [-0.25, -0.2) is 0 Å². The van der Waals surface area contributed by atoms with E-state index in [-0.39, 0.29) is 0 Å². The van der Waals surface area contributed by atoms with Gasteiger partial charge >= 0.3 is 0 Å². The van der Waals surface area contributed by atoms with Gasteiger partial charge in [-0.1, -0.05) is 31.5 Å². The van der Waals surface area contributed by atoms with Crippen LogP contribution in [-0.2, 0) is 6.54 Å². The third-order valence-corrected chi connectivity index (χ3v) is 3.96. The van der Waals surface area contributed by atoms with Crippen molar-refractivity contribution >= 4 is 11.6 Å². The van der Waals surface area contributed by atoms with Crippen LogP contribution in [-0.4, -0.2) is 6.54 Å². The van der Waals surface area contributed by atoms with Crippen LogP contribution in [0.15, 0.2) is 18.2 Å². The van der Waals surface area contributed by atoms with E-state index in [4.69, 9.17) is 16.9 Å². The minimum absolute atomic E-state index is 0.515. The second-order valence-electron chi connectivity index (χ2n) is 5.44. The van der Waals surface area contributed by atoms with Crippen molar-refractivity contribution in [2.45, 2.75) is 26.8 Å². The molecule has 17 heavy (non-hydrogen) atoms. The fraction of sp³-hybridized carbons (Fsp3) is 0.500. The predicted octanol–water partition coefficient (Wildman–Crippen LogP) is 3.35. The summed E-state index contributed by atoms with van der Waals surface area (Å²) in [6, 6.07) is 7.54. The zero-order valence-corrected chi connectivity index (χ0v) is 11.0. The number of benzene rings is 1. The Morgan fingerprint density at radius 3 is 2.76 bits per heavy atom. The van der Waals surface area contributed by atoms with Crippen molar-refractivity contribution in [3.8, 4) is 6.07 Å². The van der Waals surface area contributed by atoms with Crippen LogP contribution in [0.25, 0.3) is 0 Å². The van der Waals surface area contributed by atoms with Gasteiger partial charge in [0.1, 0.15) is 0 Å². The van der Waals surface area contributed by atoms with Crippen molar-refractivity contribution in [1.29, 1.82) is 5.26 Å². The Labute approximate surface area is 108 Å². The highest BCUT2D eigenvalue weighted by Crippen LogP contribution is 2.50. The Balaban J connectivity index is 1.85. The highest BCUT2D eigenvalue weighted by Gasteiger charge is 2.44. The summed E-state index contributed by atoms with van der Waals surface area (Å²) in [6.07, 6.45) is 1.31. The quantitative estimate of drug-likeness (QED) is 0.887. The number of hydrogen-bond donors (Lipinski definition) is 1. The molecule has 1 unspecified atom stereocenters. The Hall–Kier alpha value is -1.04. The van der Waals surface area contributed by atoms with Crippen LogP contribution in [0.4, 0.5) is 0 Å². The van der Waals surface area contributed by atoms with Gasteiger partial charge in [-0.2, -0.15) is 5.26 Å². The molecule has 2 nitrogen and oxygen atoms in total. The zero-order chi connectivity index (χ0) is 12.5. The van der Waals surface area contributed by atoms with E-state index in [0.29, 0.717) is 16.0 Å². The molecule has 1 aromatic rings. The summed E-state index contributed by atoms with van der Waals surface area (Å²) < 4.78 is 0. The topological polar surface area (TPSA) is 35.8 Å². The Morgan fingerprint density at radius 1 is 1.53 bits per heavy atom. The van der Waals surface area contributed by atoms with E-state index >= 15 is 0 Å². The van der Waals surface area contributed by atoms with Crippen LogP contribution >= 0.6 is 11.6 Å². The number of nitrogens with zero attached hydrogens (tertiary/aromatic N) is 1. The first-order valence-electron chi connectivity index (χ1n) is 5.92. The number of rotatable bonds is 4. The molecule has 1 N–H and O–H groups in total. The fourth-order valence-corrected chi connectivity index (χ4v) is 2.31. The molecule has 0 bridgehead atoms. The first-order chi connectivity index (χ1) is 8.03. The van der Waals surface area contributed by atoms with Crippen molar-refractivity contribution in [2.24, 2.45) is 11.3 Å². The first kappa shape index (κ1) is 12.4. The van der Waals surface area contributed by atoms with E-state index in [1.54, 1.807) is 6.07 Å². The van der Waals surface area contributed by atoms with E-state index < -0.39 is 0 Å². The van der Waals surface area contributed by atoms with Gasteiger partial charge in [0.25, 0.3) is 0 Å². The average molecular weight is 249 g/mol. The lowest BCUT2D eigenvalue weighted by Gasteiger charge is -2.08. The monoisotopic (exact) mass is 248 g/mol. The summed E-state index contributed by atoms with van der Waals surface area (Å²) in [5, 5.41) is 12.8. The average Bonchev–Trinajstić information content (AvgIpc) is 2.89. The highest BCUT2D eigenvalue weighted by molar-refractivity contribution is 6.31. The lowest BCUT2D eigenvalue weighted by Crippen LogP contribution is -2.18. The zero-order valence-electron chi connectivity index (χ0n) is 10.3. The van der Waals surface area contributed by atoms with Crippen LogP contribution in [0.5, 0.6) is 0 Å². The maximum atomic E-state index is 8.74. The SMILES string of the molecule is CC1(C)CC1CNCc1ccc(C#N)cc1Cl. The molecule has 1 aromatic carbocycles. The first-order valence-corrected chi connectivity index (χ1v) is 6.30. The fourth-order valence-electron chi connectivity index (χ4n) is 2.07. The van der Waals surface area contributed by atoms with Crippen LogP contribution < -0.4 is 5.32 Å². The van der Waals surface area contributed by atoms with Crippen LogP contribution in [0, 0.1) is 22.7 Å². The highest BCUT2D eigenvalue weighted by atomic mass is 35.5. The molecule has 90 valence electrons. The largest absolute Gasteiger partial charge is 0.312 e. The minimum Gasteiger partial charge on any atom is -0.312 e. The van der Waals surface area contributed by atoms with E-state index in [1.165, 1.54) is 6.42 Å². The van der Waals surface area contributed by atoms with Gasteiger partial charge in [0.15, 0.2) is 0 Å². The Kier molecular flexibility index (Phi) is 3.42. The molecule has 2 rings (SSSR count). The smallest absolute Gasteiger partial charge is 0.0992 e. The second kappa shape index (κ2) is 4.68. The molecule has 0 amide bonds. The van der Waals surface area contributed by atoms with Gasteiger partial charge in [0.2, 0.25) is 0 Å². The third-order valence-electron chi connectivity index (χ3n) is 3.61. The van der Waals surface area contributed by atoms with Crippen molar-refractivity contribution in [3.63, 3.8) is 0 Å². The molecule has 0 spiro atoms. The molecule has 0 aromatic heterocycles. The summed E-state index contributed by atoms with van der Waals surface area (Å²) >= 11 is 6.10. The number of nitrogens with one attached hydrogen (secondary N) is 1. The second-order valence-corrected chi connectivity index (χ2v) is 5.85. The van der Waals surface area contributed by atoms with Gasteiger partial charge in [-0.05, 0) is 42.0 Å². The van der Waals surface area contributed by atoms with E-state index in [9.17, 15) is 0 Å². The summed E-state index contributed by atoms with van der Waals surface area (Å²) in [6.45, 7) is 6.42.